The van der Waals surface area contributed by atoms with E-state index in [0.29, 0.717) is 19.8 Å². The lowest BCUT2D eigenvalue weighted by Gasteiger charge is -2.03. The number of para-hydroxylation sites is 1. The molecule has 0 spiro atoms. The summed E-state index contributed by atoms with van der Waals surface area (Å²) in [5.41, 5.74) is 3.49. The Labute approximate surface area is 148 Å². The molecule has 1 aromatic heterocycles. The number of ether oxygens (including phenoxy) is 1. The molecule has 1 heterocycles. The van der Waals surface area contributed by atoms with Gasteiger partial charge in [0.15, 0.2) is 0 Å². The first-order valence-electron chi connectivity index (χ1n) is 8.79. The lowest BCUT2D eigenvalue weighted by Crippen LogP contribution is -2.25. The van der Waals surface area contributed by atoms with Crippen LogP contribution in [0.1, 0.15) is 19.4 Å². The molecule has 4 nitrogen and oxygen atoms in total. The van der Waals surface area contributed by atoms with Crippen LogP contribution in [0.2, 0.25) is 0 Å². The number of benzene rings is 2. The van der Waals surface area contributed by atoms with E-state index < -0.39 is 0 Å². The van der Waals surface area contributed by atoms with Gasteiger partial charge in [0.05, 0.1) is 6.61 Å². The molecule has 0 fully saturated rings. The smallest absolute Gasteiger partial charge is 0.244 e. The molecule has 0 aliphatic rings. The Morgan fingerprint density at radius 3 is 2.72 bits per heavy atom. The Kier molecular flexibility index (Phi) is 5.51. The normalized spacial score (nSPS) is 11.6. The molecule has 3 aromatic rings. The second-order valence-corrected chi connectivity index (χ2v) is 5.86. The maximum Gasteiger partial charge on any atom is 0.244 e. The zero-order valence-corrected chi connectivity index (χ0v) is 14.8. The van der Waals surface area contributed by atoms with Gasteiger partial charge in [-0.3, -0.25) is 4.79 Å². The maximum atomic E-state index is 11.8. The van der Waals surface area contributed by atoms with Crippen molar-refractivity contribution in [2.24, 2.45) is 0 Å². The largest absolute Gasteiger partial charge is 0.380 e. The highest BCUT2D eigenvalue weighted by atomic mass is 16.5. The molecule has 0 aliphatic carbocycles. The molecule has 0 aliphatic heterocycles. The van der Waals surface area contributed by atoms with Crippen LogP contribution in [-0.4, -0.2) is 30.2 Å². The second kappa shape index (κ2) is 7.99. The van der Waals surface area contributed by atoms with E-state index in [1.165, 1.54) is 21.8 Å². The molecule has 0 saturated carbocycles. The van der Waals surface area contributed by atoms with E-state index in [-0.39, 0.29) is 5.91 Å². The molecule has 0 bridgehead atoms. The minimum Gasteiger partial charge on any atom is -0.380 e. The van der Waals surface area contributed by atoms with E-state index in [9.17, 15) is 4.79 Å². The zero-order valence-electron chi connectivity index (χ0n) is 14.8. The van der Waals surface area contributed by atoms with Gasteiger partial charge in [-0.1, -0.05) is 24.3 Å². The van der Waals surface area contributed by atoms with Gasteiger partial charge in [0.25, 0.3) is 0 Å². The van der Waals surface area contributed by atoms with Crippen molar-refractivity contribution in [3.63, 3.8) is 0 Å². The first-order valence-corrected chi connectivity index (χ1v) is 8.79. The summed E-state index contributed by atoms with van der Waals surface area (Å²) in [7, 11) is 0. The monoisotopic (exact) mass is 336 g/mol. The van der Waals surface area contributed by atoms with Crippen molar-refractivity contribution >= 4 is 33.8 Å². The molecule has 25 heavy (non-hydrogen) atoms. The van der Waals surface area contributed by atoms with E-state index >= 15 is 0 Å². The van der Waals surface area contributed by atoms with Crippen LogP contribution in [0.5, 0.6) is 0 Å². The summed E-state index contributed by atoms with van der Waals surface area (Å²) >= 11 is 0. The Hall–Kier alpha value is -2.59. The lowest BCUT2D eigenvalue weighted by atomic mass is 10.1. The van der Waals surface area contributed by atoms with Crippen LogP contribution in [0.15, 0.2) is 48.5 Å². The van der Waals surface area contributed by atoms with Crippen LogP contribution < -0.4 is 5.32 Å². The van der Waals surface area contributed by atoms with Crippen molar-refractivity contribution in [2.75, 3.05) is 19.8 Å². The summed E-state index contributed by atoms with van der Waals surface area (Å²) in [6.07, 6.45) is 3.43. The van der Waals surface area contributed by atoms with Gasteiger partial charge in [0, 0.05) is 47.6 Å². The van der Waals surface area contributed by atoms with Gasteiger partial charge < -0.3 is 14.6 Å². The second-order valence-electron chi connectivity index (χ2n) is 5.86. The number of aromatic nitrogens is 1. The molecule has 0 radical (unpaired) electrons. The third kappa shape index (κ3) is 3.74. The minimum absolute atomic E-state index is 0.101. The average molecular weight is 336 g/mol. The highest BCUT2D eigenvalue weighted by molar-refractivity contribution is 6.08. The van der Waals surface area contributed by atoms with Gasteiger partial charge in [-0.05, 0) is 43.7 Å². The number of carbonyl (C=O) groups excluding carboxylic acids is 1. The third-order valence-corrected chi connectivity index (χ3v) is 4.29. The van der Waals surface area contributed by atoms with E-state index in [1.54, 1.807) is 6.08 Å². The summed E-state index contributed by atoms with van der Waals surface area (Å²) < 4.78 is 7.53. The first kappa shape index (κ1) is 17.2. The van der Waals surface area contributed by atoms with Gasteiger partial charge in [0.1, 0.15) is 0 Å². The average Bonchev–Trinajstić information content (AvgIpc) is 2.96. The Balaban J connectivity index is 1.83. The van der Waals surface area contributed by atoms with E-state index in [4.69, 9.17) is 4.74 Å². The first-order chi connectivity index (χ1) is 12.2. The van der Waals surface area contributed by atoms with E-state index in [2.05, 4.69) is 59.3 Å². The summed E-state index contributed by atoms with van der Waals surface area (Å²) in [6, 6.07) is 14.8. The summed E-state index contributed by atoms with van der Waals surface area (Å²) in [5, 5.41) is 5.28. The number of rotatable bonds is 7. The molecule has 0 saturated heterocycles. The van der Waals surface area contributed by atoms with Crippen molar-refractivity contribution in [3.05, 3.63) is 54.1 Å². The van der Waals surface area contributed by atoms with Crippen LogP contribution in [0.25, 0.3) is 27.9 Å². The fourth-order valence-electron chi connectivity index (χ4n) is 3.14. The van der Waals surface area contributed by atoms with Crippen molar-refractivity contribution in [2.45, 2.75) is 20.4 Å². The summed E-state index contributed by atoms with van der Waals surface area (Å²) in [4.78, 5) is 11.8. The van der Waals surface area contributed by atoms with Gasteiger partial charge in [0.2, 0.25) is 5.91 Å². The molecule has 2 aromatic carbocycles. The number of aryl methyl sites for hydroxylation is 1. The molecular weight excluding hydrogens is 312 g/mol. The Bertz CT molecular complexity index is 909. The van der Waals surface area contributed by atoms with Crippen LogP contribution >= 0.6 is 0 Å². The number of nitrogens with one attached hydrogen (secondary N) is 1. The lowest BCUT2D eigenvalue weighted by molar-refractivity contribution is -0.116. The van der Waals surface area contributed by atoms with Crippen LogP contribution in [-0.2, 0) is 16.1 Å². The number of amides is 1. The molecule has 4 heteroatoms. The molecule has 3 rings (SSSR count). The van der Waals surface area contributed by atoms with Gasteiger partial charge in [-0.25, -0.2) is 0 Å². The number of nitrogens with zero attached hydrogens (tertiary/aromatic N) is 1. The standard InChI is InChI=1S/C21H24N2O2/c1-3-23-19-8-6-5-7-17(19)18-15-16(9-11-20(18)23)10-12-21(24)22-13-14-25-4-2/h5-12,15H,3-4,13-14H2,1-2H3,(H,22,24). The number of carbonyl (C=O) groups is 1. The molecule has 1 N–H and O–H groups in total. The Morgan fingerprint density at radius 2 is 1.92 bits per heavy atom. The maximum absolute atomic E-state index is 11.8. The Morgan fingerprint density at radius 1 is 1.12 bits per heavy atom. The molecule has 1 amide bonds. The zero-order chi connectivity index (χ0) is 17.6. The molecule has 0 unspecified atom stereocenters. The van der Waals surface area contributed by atoms with Gasteiger partial charge >= 0.3 is 0 Å². The fourth-order valence-corrected chi connectivity index (χ4v) is 3.14. The fraction of sp³-hybridized carbons (Fsp3) is 0.286. The predicted molar refractivity (Wildman–Crippen MR) is 104 cm³/mol. The SMILES string of the molecule is CCOCCNC(=O)C=Cc1ccc2c(c1)c1ccccc1n2CC. The minimum atomic E-state index is -0.101. The summed E-state index contributed by atoms with van der Waals surface area (Å²) in [6.45, 7) is 6.76. The quantitative estimate of drug-likeness (QED) is 0.524. The number of fused-ring (bicyclic) bond motifs is 3. The highest BCUT2D eigenvalue weighted by Gasteiger charge is 2.08. The van der Waals surface area contributed by atoms with E-state index in [0.717, 1.165) is 12.1 Å². The summed E-state index contributed by atoms with van der Waals surface area (Å²) in [5.74, 6) is -0.101. The molecular formula is C21H24N2O2. The predicted octanol–water partition coefficient (Wildman–Crippen LogP) is 3.98. The van der Waals surface area contributed by atoms with Crippen LogP contribution in [0.3, 0.4) is 0 Å². The molecule has 0 atom stereocenters. The number of hydrogen-bond acceptors (Lipinski definition) is 2. The van der Waals surface area contributed by atoms with E-state index in [1.807, 2.05) is 13.0 Å². The van der Waals surface area contributed by atoms with Crippen LogP contribution in [0, 0.1) is 0 Å². The van der Waals surface area contributed by atoms with Crippen molar-refractivity contribution in [3.8, 4) is 0 Å². The van der Waals surface area contributed by atoms with Crippen molar-refractivity contribution in [1.29, 1.82) is 0 Å². The van der Waals surface area contributed by atoms with Crippen molar-refractivity contribution < 1.29 is 9.53 Å². The van der Waals surface area contributed by atoms with Crippen molar-refractivity contribution in [1.82, 2.24) is 9.88 Å². The molecule has 130 valence electrons. The van der Waals surface area contributed by atoms with Gasteiger partial charge in [-0.15, -0.1) is 0 Å². The number of hydrogen-bond donors (Lipinski definition) is 1. The highest BCUT2D eigenvalue weighted by Crippen LogP contribution is 2.29. The third-order valence-electron chi connectivity index (χ3n) is 4.29. The topological polar surface area (TPSA) is 43.3 Å². The van der Waals surface area contributed by atoms with Crippen LogP contribution in [0.4, 0.5) is 0 Å². The van der Waals surface area contributed by atoms with Gasteiger partial charge in [-0.2, -0.15) is 0 Å².